The van der Waals surface area contributed by atoms with Crippen molar-refractivity contribution in [3.05, 3.63) is 0 Å². The molecule has 3 heteroatoms. The number of hydrogen-bond acceptors (Lipinski definition) is 2. The number of carboxylic acids is 1. The van der Waals surface area contributed by atoms with E-state index in [1.165, 1.54) is 12.8 Å². The summed E-state index contributed by atoms with van der Waals surface area (Å²) in [6, 6.07) is 0. The number of rotatable bonds is 3. The first-order valence-electron chi connectivity index (χ1n) is 4.94. The molecule has 0 unspecified atom stereocenters. The predicted octanol–water partition coefficient (Wildman–Crippen LogP) is 1.58. The molecule has 1 N–H and O–H groups in total. The molecule has 0 spiro atoms. The lowest BCUT2D eigenvalue weighted by molar-refractivity contribution is -0.137. The second-order valence-electron chi connectivity index (χ2n) is 4.69. The molecule has 1 saturated heterocycles. The quantitative estimate of drug-likeness (QED) is 0.725. The van der Waals surface area contributed by atoms with Crippen LogP contribution in [0.4, 0.5) is 0 Å². The molecule has 0 saturated carbocycles. The Labute approximate surface area is 79.7 Å². The number of piperidine rings is 1. The summed E-state index contributed by atoms with van der Waals surface area (Å²) >= 11 is 0. The van der Waals surface area contributed by atoms with Gasteiger partial charge in [0.15, 0.2) is 0 Å². The number of hydrogen-bond donors (Lipinski definition) is 1. The molecule has 1 aliphatic rings. The van der Waals surface area contributed by atoms with E-state index in [9.17, 15) is 4.79 Å². The summed E-state index contributed by atoms with van der Waals surface area (Å²) < 4.78 is 0. The van der Waals surface area contributed by atoms with E-state index in [1.54, 1.807) is 0 Å². The fraction of sp³-hybridized carbons (Fsp3) is 0.900. The minimum atomic E-state index is -0.691. The van der Waals surface area contributed by atoms with Crippen LogP contribution >= 0.6 is 0 Å². The van der Waals surface area contributed by atoms with E-state index in [0.717, 1.165) is 13.1 Å². The van der Waals surface area contributed by atoms with Gasteiger partial charge in [-0.2, -0.15) is 0 Å². The Morgan fingerprint density at radius 3 is 2.77 bits per heavy atom. The third kappa shape index (κ3) is 3.77. The Hall–Kier alpha value is -0.570. The summed E-state index contributed by atoms with van der Waals surface area (Å²) in [6.45, 7) is 7.32. The summed E-state index contributed by atoms with van der Waals surface area (Å²) in [5.74, 6) is -0.691. The van der Waals surface area contributed by atoms with E-state index in [0.29, 0.717) is 12.0 Å². The standard InChI is InChI=1S/C10H19NO2/c1-10(2)5-3-6-11(8-10)7-4-9(12)13/h3-8H2,1-2H3,(H,12,13). The zero-order valence-corrected chi connectivity index (χ0v) is 8.55. The molecule has 0 radical (unpaired) electrons. The normalized spacial score (nSPS) is 22.9. The van der Waals surface area contributed by atoms with Crippen LogP contribution in [-0.4, -0.2) is 35.6 Å². The minimum Gasteiger partial charge on any atom is -0.481 e. The van der Waals surface area contributed by atoms with Crippen LogP contribution in [-0.2, 0) is 4.79 Å². The molecule has 0 aromatic heterocycles. The second kappa shape index (κ2) is 4.09. The maximum absolute atomic E-state index is 10.4. The molecule has 3 nitrogen and oxygen atoms in total. The van der Waals surface area contributed by atoms with Crippen LogP contribution in [0.5, 0.6) is 0 Å². The number of carboxylic acid groups (broad SMARTS) is 1. The SMILES string of the molecule is CC1(C)CCCN(CCC(=O)O)C1. The van der Waals surface area contributed by atoms with Crippen LogP contribution in [0.25, 0.3) is 0 Å². The Morgan fingerprint density at radius 1 is 1.54 bits per heavy atom. The maximum Gasteiger partial charge on any atom is 0.304 e. The zero-order valence-electron chi connectivity index (χ0n) is 8.55. The average molecular weight is 185 g/mol. The minimum absolute atomic E-state index is 0.274. The van der Waals surface area contributed by atoms with Crippen LogP contribution < -0.4 is 0 Å². The lowest BCUT2D eigenvalue weighted by atomic mass is 9.84. The molecular formula is C10H19NO2. The van der Waals surface area contributed by atoms with Crippen molar-refractivity contribution in [1.82, 2.24) is 4.90 Å². The van der Waals surface area contributed by atoms with Crippen LogP contribution in [0, 0.1) is 5.41 Å². The highest BCUT2D eigenvalue weighted by atomic mass is 16.4. The molecule has 1 fully saturated rings. The Kier molecular flexibility index (Phi) is 3.31. The van der Waals surface area contributed by atoms with Crippen LogP contribution in [0.2, 0.25) is 0 Å². The average Bonchev–Trinajstić information content (AvgIpc) is 1.99. The van der Waals surface area contributed by atoms with Crippen molar-refractivity contribution in [2.45, 2.75) is 33.1 Å². The Bertz CT molecular complexity index is 189. The number of aliphatic carboxylic acids is 1. The van der Waals surface area contributed by atoms with Gasteiger partial charge in [0, 0.05) is 13.1 Å². The highest BCUT2D eigenvalue weighted by molar-refractivity contribution is 5.66. The molecule has 0 aromatic rings. The van der Waals surface area contributed by atoms with Crippen molar-refractivity contribution >= 4 is 5.97 Å². The molecule has 0 atom stereocenters. The van der Waals surface area contributed by atoms with E-state index in [-0.39, 0.29) is 6.42 Å². The Balaban J connectivity index is 2.30. The van der Waals surface area contributed by atoms with Gasteiger partial charge in [-0.1, -0.05) is 13.8 Å². The first kappa shape index (κ1) is 10.5. The van der Waals surface area contributed by atoms with Crippen molar-refractivity contribution in [3.8, 4) is 0 Å². The van der Waals surface area contributed by atoms with Gasteiger partial charge in [0.1, 0.15) is 0 Å². The summed E-state index contributed by atoms with van der Waals surface area (Å²) in [5, 5.41) is 8.55. The van der Waals surface area contributed by atoms with Gasteiger partial charge in [0.05, 0.1) is 6.42 Å². The van der Waals surface area contributed by atoms with Crippen molar-refractivity contribution in [2.24, 2.45) is 5.41 Å². The van der Waals surface area contributed by atoms with E-state index in [2.05, 4.69) is 18.7 Å². The van der Waals surface area contributed by atoms with Gasteiger partial charge in [-0.15, -0.1) is 0 Å². The largest absolute Gasteiger partial charge is 0.481 e. The summed E-state index contributed by atoms with van der Waals surface area (Å²) in [4.78, 5) is 12.6. The summed E-state index contributed by atoms with van der Waals surface area (Å²) in [7, 11) is 0. The van der Waals surface area contributed by atoms with Gasteiger partial charge >= 0.3 is 5.97 Å². The number of likely N-dealkylation sites (tertiary alicyclic amines) is 1. The fourth-order valence-corrected chi connectivity index (χ4v) is 1.99. The summed E-state index contributed by atoms with van der Waals surface area (Å²) in [5.41, 5.74) is 0.372. The first-order chi connectivity index (χ1) is 5.99. The van der Waals surface area contributed by atoms with Crippen molar-refractivity contribution in [3.63, 3.8) is 0 Å². The number of carbonyl (C=O) groups is 1. The molecular weight excluding hydrogens is 166 g/mol. The van der Waals surface area contributed by atoms with E-state index in [1.807, 2.05) is 0 Å². The van der Waals surface area contributed by atoms with Crippen LogP contribution in [0.1, 0.15) is 33.1 Å². The van der Waals surface area contributed by atoms with Gasteiger partial charge in [0.25, 0.3) is 0 Å². The van der Waals surface area contributed by atoms with E-state index >= 15 is 0 Å². The molecule has 76 valence electrons. The van der Waals surface area contributed by atoms with Crippen molar-refractivity contribution < 1.29 is 9.90 Å². The first-order valence-corrected chi connectivity index (χ1v) is 4.94. The third-order valence-corrected chi connectivity index (χ3v) is 2.62. The molecule has 0 aromatic carbocycles. The molecule has 0 aliphatic carbocycles. The molecule has 0 amide bonds. The van der Waals surface area contributed by atoms with Crippen LogP contribution in [0.15, 0.2) is 0 Å². The van der Waals surface area contributed by atoms with Gasteiger partial charge in [-0.3, -0.25) is 4.79 Å². The molecule has 1 rings (SSSR count). The third-order valence-electron chi connectivity index (χ3n) is 2.62. The highest BCUT2D eigenvalue weighted by Crippen LogP contribution is 2.28. The van der Waals surface area contributed by atoms with Gasteiger partial charge in [0.2, 0.25) is 0 Å². The summed E-state index contributed by atoms with van der Waals surface area (Å²) in [6.07, 6.45) is 2.74. The Morgan fingerprint density at radius 2 is 2.23 bits per heavy atom. The van der Waals surface area contributed by atoms with Crippen molar-refractivity contribution in [2.75, 3.05) is 19.6 Å². The topological polar surface area (TPSA) is 40.5 Å². The maximum atomic E-state index is 10.4. The molecule has 0 bridgehead atoms. The lowest BCUT2D eigenvalue weighted by Crippen LogP contribution is -2.40. The van der Waals surface area contributed by atoms with E-state index in [4.69, 9.17) is 5.11 Å². The van der Waals surface area contributed by atoms with Gasteiger partial charge in [-0.25, -0.2) is 0 Å². The highest BCUT2D eigenvalue weighted by Gasteiger charge is 2.25. The monoisotopic (exact) mass is 185 g/mol. The zero-order chi connectivity index (χ0) is 9.90. The lowest BCUT2D eigenvalue weighted by Gasteiger charge is -2.37. The second-order valence-corrected chi connectivity index (χ2v) is 4.69. The molecule has 1 aliphatic heterocycles. The van der Waals surface area contributed by atoms with Crippen molar-refractivity contribution in [1.29, 1.82) is 0 Å². The molecule has 1 heterocycles. The fourth-order valence-electron chi connectivity index (χ4n) is 1.99. The van der Waals surface area contributed by atoms with Crippen LogP contribution in [0.3, 0.4) is 0 Å². The number of nitrogens with zero attached hydrogens (tertiary/aromatic N) is 1. The van der Waals surface area contributed by atoms with Gasteiger partial charge < -0.3 is 10.0 Å². The molecule has 13 heavy (non-hydrogen) atoms. The smallest absolute Gasteiger partial charge is 0.304 e. The van der Waals surface area contributed by atoms with E-state index < -0.39 is 5.97 Å². The van der Waals surface area contributed by atoms with Gasteiger partial charge in [-0.05, 0) is 24.8 Å². The predicted molar refractivity (Wildman–Crippen MR) is 51.7 cm³/mol.